The van der Waals surface area contributed by atoms with Crippen molar-refractivity contribution in [3.63, 3.8) is 0 Å². The zero-order valence-electron chi connectivity index (χ0n) is 9.77. The summed E-state index contributed by atoms with van der Waals surface area (Å²) in [5.74, 6) is 0.185. The number of phenolic OH excluding ortho intramolecular Hbond substituents is 1. The molecule has 2 aromatic rings. The van der Waals surface area contributed by atoms with Crippen LogP contribution in [-0.2, 0) is 0 Å². The van der Waals surface area contributed by atoms with Crippen LogP contribution in [0.15, 0.2) is 46.9 Å². The Labute approximate surface area is 133 Å². The maximum atomic E-state index is 9.45. The normalized spacial score (nSPS) is 11.1. The van der Waals surface area contributed by atoms with E-state index in [0.717, 1.165) is 14.7 Å². The van der Waals surface area contributed by atoms with Gasteiger partial charge in [-0.1, -0.05) is 18.2 Å². The number of nitrogens with zero attached hydrogens (tertiary/aromatic N) is 1. The first-order chi connectivity index (χ1) is 9.10. The van der Waals surface area contributed by atoms with Crippen LogP contribution in [-0.4, -0.2) is 5.11 Å². The summed E-state index contributed by atoms with van der Waals surface area (Å²) in [6.45, 7) is 0. The van der Waals surface area contributed by atoms with E-state index in [1.165, 1.54) is 0 Å². The molecule has 94 valence electrons. The zero-order valence-corrected chi connectivity index (χ0v) is 13.5. The summed E-state index contributed by atoms with van der Waals surface area (Å²) >= 11 is 5.49. The number of hydrogen-bond donors (Lipinski definition) is 1. The summed E-state index contributed by atoms with van der Waals surface area (Å²) < 4.78 is 1.74. The molecule has 0 aliphatic rings. The summed E-state index contributed by atoms with van der Waals surface area (Å²) in [7, 11) is 0. The number of nitriles is 1. The summed E-state index contributed by atoms with van der Waals surface area (Å²) in [5, 5.41) is 18.7. The van der Waals surface area contributed by atoms with E-state index in [1.54, 1.807) is 24.3 Å². The van der Waals surface area contributed by atoms with Gasteiger partial charge >= 0.3 is 0 Å². The Hall–Kier alpha value is -1.32. The van der Waals surface area contributed by atoms with Crippen LogP contribution in [0, 0.1) is 14.9 Å². The number of benzene rings is 2. The van der Waals surface area contributed by atoms with E-state index in [1.807, 2.05) is 24.3 Å². The van der Waals surface area contributed by atoms with Crippen molar-refractivity contribution in [2.75, 3.05) is 0 Å². The van der Waals surface area contributed by atoms with Crippen molar-refractivity contribution in [1.82, 2.24) is 0 Å². The predicted molar refractivity (Wildman–Crippen MR) is 88.4 cm³/mol. The summed E-state index contributed by atoms with van der Waals surface area (Å²) in [6, 6.07) is 15.1. The van der Waals surface area contributed by atoms with E-state index >= 15 is 0 Å². The van der Waals surface area contributed by atoms with Crippen molar-refractivity contribution in [3.8, 4) is 11.8 Å². The molecule has 0 saturated carbocycles. The molecular formula is C15H9BrINO. The lowest BCUT2D eigenvalue weighted by molar-refractivity contribution is 0.472. The van der Waals surface area contributed by atoms with E-state index in [2.05, 4.69) is 44.6 Å². The highest BCUT2D eigenvalue weighted by molar-refractivity contribution is 14.1. The molecule has 0 fully saturated rings. The molecule has 0 saturated heterocycles. The van der Waals surface area contributed by atoms with Crippen molar-refractivity contribution in [3.05, 3.63) is 61.6 Å². The minimum Gasteiger partial charge on any atom is -0.507 e. The van der Waals surface area contributed by atoms with Crippen molar-refractivity contribution in [1.29, 1.82) is 5.26 Å². The Bertz CT molecular complexity index is 672. The molecule has 0 aliphatic carbocycles. The van der Waals surface area contributed by atoms with Crippen LogP contribution in [0.4, 0.5) is 0 Å². The molecule has 0 aliphatic heterocycles. The van der Waals surface area contributed by atoms with Gasteiger partial charge in [-0.2, -0.15) is 5.26 Å². The fourth-order valence-corrected chi connectivity index (χ4v) is 2.35. The van der Waals surface area contributed by atoms with Crippen molar-refractivity contribution in [2.45, 2.75) is 0 Å². The second-order valence-corrected chi connectivity index (χ2v) is 5.99. The van der Waals surface area contributed by atoms with E-state index in [0.29, 0.717) is 10.0 Å². The molecule has 0 bridgehead atoms. The van der Waals surface area contributed by atoms with E-state index in [4.69, 9.17) is 0 Å². The van der Waals surface area contributed by atoms with Crippen LogP contribution in [0.1, 0.15) is 11.1 Å². The predicted octanol–water partition coefficient (Wildman–Crippen LogP) is 4.82. The largest absolute Gasteiger partial charge is 0.507 e. The molecule has 0 aromatic heterocycles. The molecule has 0 unspecified atom stereocenters. The lowest BCUT2D eigenvalue weighted by atomic mass is 10.0. The first-order valence-electron chi connectivity index (χ1n) is 5.46. The monoisotopic (exact) mass is 425 g/mol. The average Bonchev–Trinajstić information content (AvgIpc) is 2.41. The molecule has 0 amide bonds. The molecule has 0 atom stereocenters. The third-order valence-corrected chi connectivity index (χ3v) is 3.91. The maximum Gasteiger partial charge on any atom is 0.129 e. The quantitative estimate of drug-likeness (QED) is 0.425. The van der Waals surface area contributed by atoms with Gasteiger partial charge in [0.2, 0.25) is 0 Å². The standard InChI is InChI=1S/C15H9BrINO/c16-14-8-10(1-6-15(14)19)7-12(9-18)11-2-4-13(17)5-3-11/h1-8,19H/b12-7-. The minimum absolute atomic E-state index is 0.185. The third kappa shape index (κ3) is 3.58. The van der Waals surface area contributed by atoms with Crippen molar-refractivity contribution in [2.24, 2.45) is 0 Å². The second-order valence-electron chi connectivity index (χ2n) is 3.89. The molecule has 0 heterocycles. The maximum absolute atomic E-state index is 9.45. The van der Waals surface area contributed by atoms with Gasteiger partial charge in [-0.05, 0) is 80.0 Å². The lowest BCUT2D eigenvalue weighted by Crippen LogP contribution is -1.83. The highest BCUT2D eigenvalue weighted by Gasteiger charge is 2.03. The van der Waals surface area contributed by atoms with Crippen LogP contribution in [0.5, 0.6) is 5.75 Å². The van der Waals surface area contributed by atoms with Crippen LogP contribution < -0.4 is 0 Å². The molecule has 2 rings (SSSR count). The Kier molecular flexibility index (Phi) is 4.61. The van der Waals surface area contributed by atoms with Gasteiger partial charge in [-0.15, -0.1) is 0 Å². The van der Waals surface area contributed by atoms with Crippen LogP contribution in [0.2, 0.25) is 0 Å². The van der Waals surface area contributed by atoms with Gasteiger partial charge in [-0.25, -0.2) is 0 Å². The lowest BCUT2D eigenvalue weighted by Gasteiger charge is -2.02. The summed E-state index contributed by atoms with van der Waals surface area (Å²) in [5.41, 5.74) is 2.33. The van der Waals surface area contributed by atoms with Crippen molar-refractivity contribution >= 4 is 50.2 Å². The number of hydrogen-bond acceptors (Lipinski definition) is 2. The Morgan fingerprint density at radius 1 is 1.21 bits per heavy atom. The van der Waals surface area contributed by atoms with Crippen LogP contribution in [0.25, 0.3) is 11.6 Å². The molecule has 2 nitrogen and oxygen atoms in total. The van der Waals surface area contributed by atoms with Gasteiger partial charge < -0.3 is 5.11 Å². The SMILES string of the molecule is N#C/C(=C/c1ccc(O)c(Br)c1)c1ccc(I)cc1. The number of phenols is 1. The second kappa shape index (κ2) is 6.22. The number of aromatic hydroxyl groups is 1. The molecule has 2 aromatic carbocycles. The van der Waals surface area contributed by atoms with E-state index < -0.39 is 0 Å². The molecular weight excluding hydrogens is 417 g/mol. The molecule has 1 N–H and O–H groups in total. The number of allylic oxidation sites excluding steroid dienone is 1. The first-order valence-corrected chi connectivity index (χ1v) is 7.33. The third-order valence-electron chi connectivity index (χ3n) is 2.56. The van der Waals surface area contributed by atoms with E-state index in [9.17, 15) is 10.4 Å². The van der Waals surface area contributed by atoms with Gasteiger partial charge in [0.05, 0.1) is 16.1 Å². The van der Waals surface area contributed by atoms with Gasteiger partial charge in [0, 0.05) is 3.57 Å². The first kappa shape index (κ1) is 14.1. The Morgan fingerprint density at radius 2 is 1.89 bits per heavy atom. The molecule has 19 heavy (non-hydrogen) atoms. The highest BCUT2D eigenvalue weighted by atomic mass is 127. The smallest absolute Gasteiger partial charge is 0.129 e. The number of halogens is 2. The van der Waals surface area contributed by atoms with Gasteiger partial charge in [0.15, 0.2) is 0 Å². The Balaban J connectivity index is 2.41. The molecule has 0 spiro atoms. The summed E-state index contributed by atoms with van der Waals surface area (Å²) in [4.78, 5) is 0. The Morgan fingerprint density at radius 3 is 2.47 bits per heavy atom. The highest BCUT2D eigenvalue weighted by Crippen LogP contribution is 2.26. The fourth-order valence-electron chi connectivity index (χ4n) is 1.59. The minimum atomic E-state index is 0.185. The van der Waals surface area contributed by atoms with Gasteiger partial charge in [0.25, 0.3) is 0 Å². The van der Waals surface area contributed by atoms with Gasteiger partial charge in [-0.3, -0.25) is 0 Å². The van der Waals surface area contributed by atoms with Crippen LogP contribution in [0.3, 0.4) is 0 Å². The van der Waals surface area contributed by atoms with Gasteiger partial charge in [0.1, 0.15) is 5.75 Å². The topological polar surface area (TPSA) is 44.0 Å². The molecule has 0 radical (unpaired) electrons. The average molecular weight is 426 g/mol. The van der Waals surface area contributed by atoms with E-state index in [-0.39, 0.29) is 5.75 Å². The van der Waals surface area contributed by atoms with Crippen LogP contribution >= 0.6 is 38.5 Å². The zero-order chi connectivity index (χ0) is 13.8. The van der Waals surface area contributed by atoms with Crippen molar-refractivity contribution < 1.29 is 5.11 Å². The number of rotatable bonds is 2. The summed E-state index contributed by atoms with van der Waals surface area (Å²) in [6.07, 6.45) is 1.80. The fraction of sp³-hybridized carbons (Fsp3) is 0. The molecule has 4 heteroatoms.